The first kappa shape index (κ1) is 20.3. The summed E-state index contributed by atoms with van der Waals surface area (Å²) in [6.45, 7) is 3.02. The molecule has 0 bridgehead atoms. The maximum atomic E-state index is 4.79. The summed E-state index contributed by atoms with van der Waals surface area (Å²) in [4.78, 5) is 24.5. The third-order valence-corrected chi connectivity index (χ3v) is 5.84. The molecule has 0 saturated carbocycles. The van der Waals surface area contributed by atoms with Crippen LogP contribution in [0.25, 0.3) is 10.9 Å². The molecule has 1 aliphatic heterocycles. The molecule has 1 atom stereocenters. The van der Waals surface area contributed by atoms with Gasteiger partial charge in [0, 0.05) is 49.9 Å². The van der Waals surface area contributed by atoms with E-state index in [1.807, 2.05) is 37.6 Å². The van der Waals surface area contributed by atoms with E-state index in [-0.39, 0.29) is 0 Å². The largest absolute Gasteiger partial charge is 0.373 e. The van der Waals surface area contributed by atoms with Crippen LogP contribution in [0.5, 0.6) is 0 Å². The van der Waals surface area contributed by atoms with E-state index in [1.54, 1.807) is 0 Å². The van der Waals surface area contributed by atoms with Crippen molar-refractivity contribution in [3.05, 3.63) is 72.4 Å². The molecule has 0 spiro atoms. The lowest BCUT2D eigenvalue weighted by Gasteiger charge is -2.32. The second-order valence-corrected chi connectivity index (χ2v) is 8.07. The Morgan fingerprint density at radius 2 is 1.94 bits per heavy atom. The van der Waals surface area contributed by atoms with Gasteiger partial charge in [-0.25, -0.2) is 19.9 Å². The number of fused-ring (bicyclic) bond motifs is 1. The van der Waals surface area contributed by atoms with Crippen molar-refractivity contribution in [2.24, 2.45) is 0 Å². The van der Waals surface area contributed by atoms with E-state index in [9.17, 15) is 0 Å². The molecule has 162 valence electrons. The lowest BCUT2D eigenvalue weighted by Crippen LogP contribution is -2.34. The Balaban J connectivity index is 1.28. The first-order valence-corrected chi connectivity index (χ1v) is 10.9. The van der Waals surface area contributed by atoms with Crippen molar-refractivity contribution in [1.82, 2.24) is 29.8 Å². The molecule has 0 radical (unpaired) electrons. The molecule has 3 aromatic heterocycles. The number of hydrogen-bond donors (Lipinski definition) is 2. The molecule has 4 heterocycles. The lowest BCUT2D eigenvalue weighted by atomic mass is 9.94. The van der Waals surface area contributed by atoms with Gasteiger partial charge >= 0.3 is 0 Å². The van der Waals surface area contributed by atoms with Gasteiger partial charge < -0.3 is 10.6 Å². The Labute approximate surface area is 187 Å². The fourth-order valence-corrected chi connectivity index (χ4v) is 4.26. The van der Waals surface area contributed by atoms with E-state index >= 15 is 0 Å². The molecule has 5 rings (SSSR count). The van der Waals surface area contributed by atoms with Gasteiger partial charge in [0.05, 0.1) is 11.2 Å². The molecule has 1 aromatic carbocycles. The quantitative estimate of drug-likeness (QED) is 0.478. The highest BCUT2D eigenvalue weighted by Crippen LogP contribution is 2.27. The molecule has 4 aromatic rings. The number of pyridine rings is 1. The van der Waals surface area contributed by atoms with Gasteiger partial charge in [-0.15, -0.1) is 0 Å². The number of aromatic nitrogens is 5. The van der Waals surface area contributed by atoms with Crippen LogP contribution in [-0.2, 0) is 6.54 Å². The number of rotatable bonds is 6. The van der Waals surface area contributed by atoms with Gasteiger partial charge in [-0.05, 0) is 49.2 Å². The van der Waals surface area contributed by atoms with Gasteiger partial charge in [-0.1, -0.05) is 12.1 Å². The van der Waals surface area contributed by atoms with Crippen LogP contribution in [0.15, 0.2) is 61.2 Å². The molecule has 1 fully saturated rings. The Morgan fingerprint density at radius 1 is 1.00 bits per heavy atom. The highest BCUT2D eigenvalue weighted by Gasteiger charge is 2.23. The van der Waals surface area contributed by atoms with Gasteiger partial charge in [0.25, 0.3) is 0 Å². The van der Waals surface area contributed by atoms with E-state index in [2.05, 4.69) is 59.7 Å². The Bertz CT molecular complexity index is 1210. The van der Waals surface area contributed by atoms with E-state index in [1.165, 1.54) is 17.3 Å². The standard InChI is InChI=1S/C24H26N8/c1-25-22-13-23(29-16-28-22)31-24-27-10-8-21(30-24)19-5-3-11-32(15-19)14-17-6-7-20-18(12-17)4-2-9-26-20/h2,4,6-10,12-13,16,19H,3,5,11,14-15H2,1H3,(H2,25,27,28,29,30,31). The molecular formula is C24H26N8. The minimum Gasteiger partial charge on any atom is -0.373 e. The number of anilines is 3. The van der Waals surface area contributed by atoms with Gasteiger partial charge in [-0.2, -0.15) is 0 Å². The topological polar surface area (TPSA) is 91.8 Å². The van der Waals surface area contributed by atoms with Crippen LogP contribution in [0.1, 0.15) is 30.0 Å². The first-order valence-electron chi connectivity index (χ1n) is 10.9. The normalized spacial score (nSPS) is 16.7. The molecule has 2 N–H and O–H groups in total. The second kappa shape index (κ2) is 9.23. The fraction of sp³-hybridized carbons (Fsp3) is 0.292. The third-order valence-electron chi connectivity index (χ3n) is 5.84. The first-order chi connectivity index (χ1) is 15.8. The van der Waals surface area contributed by atoms with Crippen molar-refractivity contribution >= 4 is 28.5 Å². The van der Waals surface area contributed by atoms with E-state index in [0.717, 1.165) is 49.5 Å². The molecule has 0 aliphatic carbocycles. The summed E-state index contributed by atoms with van der Waals surface area (Å²) in [6, 6.07) is 14.5. The molecule has 8 nitrogen and oxygen atoms in total. The second-order valence-electron chi connectivity index (χ2n) is 8.07. The smallest absolute Gasteiger partial charge is 0.228 e. The number of nitrogens with zero attached hydrogens (tertiary/aromatic N) is 6. The number of benzene rings is 1. The predicted molar refractivity (Wildman–Crippen MR) is 126 cm³/mol. The minimum absolute atomic E-state index is 0.382. The molecule has 8 heteroatoms. The average molecular weight is 427 g/mol. The van der Waals surface area contributed by atoms with Crippen molar-refractivity contribution in [3.8, 4) is 0 Å². The van der Waals surface area contributed by atoms with Crippen LogP contribution >= 0.6 is 0 Å². The monoisotopic (exact) mass is 426 g/mol. The maximum Gasteiger partial charge on any atom is 0.228 e. The molecule has 0 amide bonds. The van der Waals surface area contributed by atoms with Crippen molar-refractivity contribution in [1.29, 1.82) is 0 Å². The number of nitrogens with one attached hydrogen (secondary N) is 2. The lowest BCUT2D eigenvalue weighted by molar-refractivity contribution is 0.198. The zero-order chi connectivity index (χ0) is 21.8. The highest BCUT2D eigenvalue weighted by molar-refractivity contribution is 5.78. The Kier molecular flexibility index (Phi) is 5.85. The van der Waals surface area contributed by atoms with Gasteiger partial charge in [0.2, 0.25) is 5.95 Å². The SMILES string of the molecule is CNc1cc(Nc2nccc(C3CCCN(Cc4ccc5ncccc5c4)C3)n2)ncn1. The van der Waals surface area contributed by atoms with Crippen molar-refractivity contribution in [2.75, 3.05) is 30.8 Å². The average Bonchev–Trinajstić information content (AvgIpc) is 2.84. The number of likely N-dealkylation sites (tertiary alicyclic amines) is 1. The fourth-order valence-electron chi connectivity index (χ4n) is 4.26. The summed E-state index contributed by atoms with van der Waals surface area (Å²) in [5.41, 5.74) is 3.43. The van der Waals surface area contributed by atoms with Gasteiger partial charge in [-0.3, -0.25) is 9.88 Å². The summed E-state index contributed by atoms with van der Waals surface area (Å²) >= 11 is 0. The van der Waals surface area contributed by atoms with Crippen molar-refractivity contribution < 1.29 is 0 Å². The maximum absolute atomic E-state index is 4.79. The van der Waals surface area contributed by atoms with Crippen molar-refractivity contribution in [2.45, 2.75) is 25.3 Å². The number of hydrogen-bond acceptors (Lipinski definition) is 8. The molecule has 1 unspecified atom stereocenters. The van der Waals surface area contributed by atoms with Crippen LogP contribution in [0.2, 0.25) is 0 Å². The van der Waals surface area contributed by atoms with E-state index < -0.39 is 0 Å². The molecule has 1 saturated heterocycles. The van der Waals surface area contributed by atoms with Crippen LogP contribution in [0.3, 0.4) is 0 Å². The van der Waals surface area contributed by atoms with Crippen LogP contribution in [0, 0.1) is 0 Å². The van der Waals surface area contributed by atoms with Gasteiger partial charge in [0.15, 0.2) is 0 Å². The summed E-state index contributed by atoms with van der Waals surface area (Å²) in [5, 5.41) is 7.39. The summed E-state index contributed by atoms with van der Waals surface area (Å²) in [6.07, 6.45) is 7.46. The molecule has 1 aliphatic rings. The minimum atomic E-state index is 0.382. The summed E-state index contributed by atoms with van der Waals surface area (Å²) in [5.74, 6) is 2.35. The predicted octanol–water partition coefficient (Wildman–Crippen LogP) is 3.98. The Hall–Kier alpha value is -3.65. The molecular weight excluding hydrogens is 400 g/mol. The summed E-state index contributed by atoms with van der Waals surface area (Å²) in [7, 11) is 1.83. The molecule has 32 heavy (non-hydrogen) atoms. The number of piperidine rings is 1. The van der Waals surface area contributed by atoms with E-state index in [0.29, 0.717) is 17.7 Å². The van der Waals surface area contributed by atoms with Crippen LogP contribution < -0.4 is 10.6 Å². The van der Waals surface area contributed by atoms with Crippen LogP contribution in [0.4, 0.5) is 17.6 Å². The third kappa shape index (κ3) is 4.65. The van der Waals surface area contributed by atoms with Crippen LogP contribution in [-0.4, -0.2) is 50.0 Å². The summed E-state index contributed by atoms with van der Waals surface area (Å²) < 4.78 is 0. The van der Waals surface area contributed by atoms with Gasteiger partial charge in [0.1, 0.15) is 18.0 Å². The zero-order valence-corrected chi connectivity index (χ0v) is 18.1. The van der Waals surface area contributed by atoms with E-state index in [4.69, 9.17) is 4.98 Å². The highest BCUT2D eigenvalue weighted by atomic mass is 15.2. The van der Waals surface area contributed by atoms with Crippen molar-refractivity contribution in [3.63, 3.8) is 0 Å². The Morgan fingerprint density at radius 3 is 2.88 bits per heavy atom. The zero-order valence-electron chi connectivity index (χ0n) is 18.1.